The summed E-state index contributed by atoms with van der Waals surface area (Å²) in [6.07, 6.45) is 1.70. The summed E-state index contributed by atoms with van der Waals surface area (Å²) >= 11 is 0. The number of nitrogens with zero attached hydrogens (tertiary/aromatic N) is 2. The Morgan fingerprint density at radius 1 is 1.27 bits per heavy atom. The number of hydrogen-bond acceptors (Lipinski definition) is 3. The van der Waals surface area contributed by atoms with Crippen molar-refractivity contribution in [2.45, 2.75) is 52.6 Å². The highest BCUT2D eigenvalue weighted by Gasteiger charge is 2.40. The second-order valence-corrected chi connectivity index (χ2v) is 7.70. The quantitative estimate of drug-likeness (QED) is 0.809. The number of aliphatic carboxylic acids is 1. The standard InChI is InChI=1S/C16H29N3O3/c1-5-18(10-14(20)21)13-6-12(7-13)17-15(22)19-8-11(9-19)16(2,3)4/h11-13H,5-10H2,1-4H3,(H,17,22)(H,20,21). The molecule has 2 rings (SSSR count). The van der Waals surface area contributed by atoms with Crippen LogP contribution in [-0.2, 0) is 4.79 Å². The van der Waals surface area contributed by atoms with E-state index in [4.69, 9.17) is 5.11 Å². The van der Waals surface area contributed by atoms with Gasteiger partial charge in [-0.1, -0.05) is 27.7 Å². The van der Waals surface area contributed by atoms with Crippen LogP contribution in [0.4, 0.5) is 4.79 Å². The molecule has 2 aliphatic rings. The average Bonchev–Trinajstić information content (AvgIpc) is 2.26. The number of hydrogen-bond donors (Lipinski definition) is 2. The van der Waals surface area contributed by atoms with Gasteiger partial charge in [0.1, 0.15) is 0 Å². The molecular formula is C16H29N3O3. The molecule has 2 fully saturated rings. The van der Waals surface area contributed by atoms with Crippen LogP contribution in [0, 0.1) is 11.3 Å². The van der Waals surface area contributed by atoms with Crippen LogP contribution in [0.2, 0.25) is 0 Å². The third-order valence-electron chi connectivity index (χ3n) is 5.10. The number of carboxylic acids is 1. The summed E-state index contributed by atoms with van der Waals surface area (Å²) in [5.41, 5.74) is 0.261. The highest BCUT2D eigenvalue weighted by molar-refractivity contribution is 5.75. The SMILES string of the molecule is CCN(CC(=O)O)C1CC(NC(=O)N2CC(C(C)(C)C)C2)C1. The predicted octanol–water partition coefficient (Wildman–Crippen LogP) is 1.61. The number of carboxylic acid groups (broad SMARTS) is 1. The van der Waals surface area contributed by atoms with Gasteiger partial charge >= 0.3 is 12.0 Å². The molecule has 0 radical (unpaired) electrons. The molecule has 2 amide bonds. The summed E-state index contributed by atoms with van der Waals surface area (Å²) in [7, 11) is 0. The van der Waals surface area contributed by atoms with Crippen LogP contribution in [0.3, 0.4) is 0 Å². The van der Waals surface area contributed by atoms with Gasteiger partial charge in [0, 0.05) is 25.2 Å². The molecule has 0 aromatic heterocycles. The Bertz CT molecular complexity index is 421. The molecule has 0 aromatic rings. The van der Waals surface area contributed by atoms with Gasteiger partial charge in [0.15, 0.2) is 0 Å². The Kier molecular flexibility index (Phi) is 5.00. The van der Waals surface area contributed by atoms with E-state index < -0.39 is 5.97 Å². The van der Waals surface area contributed by atoms with Gasteiger partial charge in [0.2, 0.25) is 0 Å². The van der Waals surface area contributed by atoms with Gasteiger partial charge in [0.25, 0.3) is 0 Å². The molecule has 0 bridgehead atoms. The lowest BCUT2D eigenvalue weighted by molar-refractivity contribution is -0.139. The van der Waals surface area contributed by atoms with Gasteiger partial charge in [-0.05, 0) is 30.7 Å². The lowest BCUT2D eigenvalue weighted by atomic mass is 9.76. The van der Waals surface area contributed by atoms with E-state index in [1.54, 1.807) is 0 Å². The number of likely N-dealkylation sites (N-methyl/N-ethyl adjacent to an activating group) is 1. The van der Waals surface area contributed by atoms with Crippen molar-refractivity contribution >= 4 is 12.0 Å². The highest BCUT2D eigenvalue weighted by Crippen LogP contribution is 2.34. The number of urea groups is 1. The topological polar surface area (TPSA) is 72.9 Å². The Balaban J connectivity index is 1.68. The summed E-state index contributed by atoms with van der Waals surface area (Å²) in [6.45, 7) is 11.1. The zero-order valence-corrected chi connectivity index (χ0v) is 14.1. The van der Waals surface area contributed by atoms with Crippen molar-refractivity contribution in [3.05, 3.63) is 0 Å². The molecule has 1 aliphatic carbocycles. The van der Waals surface area contributed by atoms with Crippen LogP contribution in [0.25, 0.3) is 0 Å². The Hall–Kier alpha value is -1.30. The predicted molar refractivity (Wildman–Crippen MR) is 84.7 cm³/mol. The monoisotopic (exact) mass is 311 g/mol. The van der Waals surface area contributed by atoms with Crippen LogP contribution < -0.4 is 5.32 Å². The molecule has 1 saturated carbocycles. The summed E-state index contributed by atoms with van der Waals surface area (Å²) in [4.78, 5) is 26.8. The van der Waals surface area contributed by atoms with E-state index >= 15 is 0 Å². The van der Waals surface area contributed by atoms with Crippen molar-refractivity contribution in [2.24, 2.45) is 11.3 Å². The number of rotatable bonds is 5. The van der Waals surface area contributed by atoms with E-state index in [-0.39, 0.29) is 30.1 Å². The third-order valence-corrected chi connectivity index (χ3v) is 5.10. The number of amides is 2. The maximum atomic E-state index is 12.1. The van der Waals surface area contributed by atoms with Crippen LogP contribution >= 0.6 is 0 Å². The van der Waals surface area contributed by atoms with E-state index in [2.05, 4.69) is 26.1 Å². The van der Waals surface area contributed by atoms with E-state index in [0.717, 1.165) is 32.5 Å². The highest BCUT2D eigenvalue weighted by atomic mass is 16.4. The van der Waals surface area contributed by atoms with E-state index in [1.807, 2.05) is 16.7 Å². The summed E-state index contributed by atoms with van der Waals surface area (Å²) in [6, 6.07) is 0.504. The minimum absolute atomic E-state index is 0.0326. The molecule has 0 atom stereocenters. The summed E-state index contributed by atoms with van der Waals surface area (Å²) in [5, 5.41) is 11.9. The number of nitrogens with one attached hydrogen (secondary N) is 1. The first-order valence-electron chi connectivity index (χ1n) is 8.22. The number of carbonyl (C=O) groups is 2. The summed E-state index contributed by atoms with van der Waals surface area (Å²) in [5.74, 6) is -0.207. The molecule has 0 unspecified atom stereocenters. The third kappa shape index (κ3) is 3.91. The fraction of sp³-hybridized carbons (Fsp3) is 0.875. The van der Waals surface area contributed by atoms with Crippen molar-refractivity contribution in [3.8, 4) is 0 Å². The van der Waals surface area contributed by atoms with Gasteiger partial charge in [-0.25, -0.2) is 4.79 Å². The lowest BCUT2D eigenvalue weighted by Gasteiger charge is -2.48. The van der Waals surface area contributed by atoms with Gasteiger partial charge in [0.05, 0.1) is 6.54 Å². The minimum atomic E-state index is -0.789. The lowest BCUT2D eigenvalue weighted by Crippen LogP contribution is -2.61. The molecule has 2 N–H and O–H groups in total. The molecule has 0 aromatic carbocycles. The maximum absolute atomic E-state index is 12.1. The Labute approximate surface area is 132 Å². The Morgan fingerprint density at radius 3 is 2.32 bits per heavy atom. The molecule has 1 aliphatic heterocycles. The molecule has 22 heavy (non-hydrogen) atoms. The maximum Gasteiger partial charge on any atom is 0.317 e. The first kappa shape index (κ1) is 17.1. The van der Waals surface area contributed by atoms with Crippen LogP contribution in [-0.4, -0.2) is 65.2 Å². The van der Waals surface area contributed by atoms with Crippen molar-refractivity contribution in [2.75, 3.05) is 26.2 Å². The summed E-state index contributed by atoms with van der Waals surface area (Å²) < 4.78 is 0. The first-order chi connectivity index (χ1) is 10.2. The smallest absolute Gasteiger partial charge is 0.317 e. The van der Waals surface area contributed by atoms with Crippen LogP contribution in [0.5, 0.6) is 0 Å². The number of likely N-dealkylation sites (tertiary alicyclic amines) is 1. The second-order valence-electron chi connectivity index (χ2n) is 7.70. The van der Waals surface area contributed by atoms with Gasteiger partial charge in [-0.3, -0.25) is 9.69 Å². The zero-order chi connectivity index (χ0) is 16.5. The first-order valence-corrected chi connectivity index (χ1v) is 8.22. The van der Waals surface area contributed by atoms with Gasteiger partial charge < -0.3 is 15.3 Å². The average molecular weight is 311 g/mol. The fourth-order valence-corrected chi connectivity index (χ4v) is 3.13. The van der Waals surface area contributed by atoms with Crippen LogP contribution in [0.1, 0.15) is 40.5 Å². The van der Waals surface area contributed by atoms with E-state index in [0.29, 0.717) is 5.92 Å². The molecule has 0 spiro atoms. The normalized spacial score (nSPS) is 25.6. The second kappa shape index (κ2) is 6.44. The van der Waals surface area contributed by atoms with Crippen molar-refractivity contribution in [1.82, 2.24) is 15.1 Å². The van der Waals surface area contributed by atoms with Gasteiger partial charge in [-0.2, -0.15) is 0 Å². The molecule has 126 valence electrons. The Morgan fingerprint density at radius 2 is 1.86 bits per heavy atom. The molecular weight excluding hydrogens is 282 g/mol. The number of carbonyl (C=O) groups excluding carboxylic acids is 1. The molecule has 1 heterocycles. The van der Waals surface area contributed by atoms with Crippen molar-refractivity contribution < 1.29 is 14.7 Å². The van der Waals surface area contributed by atoms with Crippen molar-refractivity contribution in [1.29, 1.82) is 0 Å². The molecule has 6 nitrogen and oxygen atoms in total. The zero-order valence-electron chi connectivity index (χ0n) is 14.1. The largest absolute Gasteiger partial charge is 0.480 e. The van der Waals surface area contributed by atoms with E-state index in [1.165, 1.54) is 0 Å². The molecule has 6 heteroatoms. The van der Waals surface area contributed by atoms with Crippen LogP contribution in [0.15, 0.2) is 0 Å². The fourth-order valence-electron chi connectivity index (χ4n) is 3.13. The minimum Gasteiger partial charge on any atom is -0.480 e. The van der Waals surface area contributed by atoms with Crippen molar-refractivity contribution in [3.63, 3.8) is 0 Å². The molecule has 1 saturated heterocycles. The van der Waals surface area contributed by atoms with E-state index in [9.17, 15) is 9.59 Å². The van der Waals surface area contributed by atoms with Gasteiger partial charge in [-0.15, -0.1) is 0 Å².